The topological polar surface area (TPSA) is 205 Å². The predicted octanol–water partition coefficient (Wildman–Crippen LogP) is 33.8. The number of hydrogen-bond acceptors (Lipinski definition) is 7. The molecule has 27 aromatic rings. The Morgan fingerprint density at radius 3 is 0.780 bits per heavy atom. The molecule has 150 heavy (non-hydrogen) atoms. The van der Waals surface area contributed by atoms with Gasteiger partial charge in [-0.05, 0) is 268 Å². The first-order valence-electron chi connectivity index (χ1n) is 48.8. The molecule has 6 heterocycles. The molecule has 21 aromatic carbocycles. The summed E-state index contributed by atoms with van der Waals surface area (Å²) >= 11 is 0. The maximum atomic E-state index is 10.1. The largest absolute Gasteiger partial charge is 0.310 e. The third kappa shape index (κ3) is 14.9. The second kappa shape index (κ2) is 37.0. The van der Waals surface area contributed by atoms with Gasteiger partial charge in [-0.2, -0.15) is 36.8 Å². The van der Waals surface area contributed by atoms with Crippen molar-refractivity contribution in [2.24, 2.45) is 0 Å². The van der Waals surface area contributed by atoms with Gasteiger partial charge in [-0.15, -0.1) is 0 Å². The second-order valence-corrected chi connectivity index (χ2v) is 36.9. The van der Waals surface area contributed by atoms with Crippen molar-refractivity contribution >= 4 is 142 Å². The van der Waals surface area contributed by atoms with Crippen LogP contribution in [-0.2, 0) is 0 Å². The molecular weight excluding hydrogens is 1830 g/mol. The molecule has 0 aliphatic carbocycles. The summed E-state index contributed by atoms with van der Waals surface area (Å²) in [4.78, 5) is 7.40. The minimum atomic E-state index is 0.538. The Hall–Kier alpha value is -22.2. The Kier molecular flexibility index (Phi) is 22.0. The number of hydrogen-bond donors (Lipinski definition) is 0. The van der Waals surface area contributed by atoms with Crippen LogP contribution in [0, 0.1) is 92.5 Å². The summed E-state index contributed by atoms with van der Waals surface area (Å²) < 4.78 is 13.5. The molecule has 690 valence electrons. The van der Waals surface area contributed by atoms with Crippen LogP contribution in [0.15, 0.2) is 455 Å². The predicted molar refractivity (Wildman–Crippen MR) is 604 cm³/mol. The van der Waals surface area contributed by atoms with Gasteiger partial charge < -0.3 is 27.4 Å². The van der Waals surface area contributed by atoms with Crippen LogP contribution in [0.2, 0.25) is 0 Å². The molecule has 0 saturated carbocycles. The number of aromatic nitrogens is 6. The molecule has 0 fully saturated rings. The van der Waals surface area contributed by atoms with Gasteiger partial charge in [0.1, 0.15) is 0 Å². The van der Waals surface area contributed by atoms with E-state index in [2.05, 4.69) is 334 Å². The van der Waals surface area contributed by atoms with Gasteiger partial charge >= 0.3 is 0 Å². The molecule has 15 heteroatoms. The minimum Gasteiger partial charge on any atom is -0.310 e. The van der Waals surface area contributed by atoms with Crippen molar-refractivity contribution in [2.75, 3.05) is 0 Å². The van der Waals surface area contributed by atoms with Crippen LogP contribution in [0.4, 0.5) is 11.4 Å². The van der Waals surface area contributed by atoms with E-state index in [9.17, 15) is 36.8 Å². The van der Waals surface area contributed by atoms with E-state index in [1.165, 1.54) is 32.3 Å². The standard InChI is InChI=1S/3C45H25N5/c1-48-32-18-22-38-40-25-30(28-47)15-23-44(40)50(45(38)26-32)43-13-7-2-8-35(43)34-21-14-29(27-46)24-39(34)31-16-19-33(20-17-31)49-41-11-5-3-9-36(41)37-10-4-6-12-42(37)49;1-48-32-18-23-45-40(26-32)39-25-30(28-47)15-22-44(39)50(45)43-13-7-2-8-35(43)34-21-14-29(27-46)24-38(34)31-16-19-33(20-17-31)49-41-11-5-3-9-36(41)37-10-4-6-12-42(37)49;46-26-29-16-22-34(38(24-29)31-18-20-33(21-19-31)49-40-12-4-2-10-36(40)37-11-3-5-13-41(37)49)35-9-1-6-14-42(35)50-43-23-17-30(27-47)25-39(43)45-32(28-48)8-7-15-44(45)50/h2*2-26H;1-25H. The first kappa shape index (κ1) is 89.2. The summed E-state index contributed by atoms with van der Waals surface area (Å²) in [6, 6.07) is 169. The van der Waals surface area contributed by atoms with Gasteiger partial charge in [0.25, 0.3) is 0 Å². The van der Waals surface area contributed by atoms with Crippen molar-refractivity contribution < 1.29 is 0 Å². The molecule has 15 nitrogen and oxygen atoms in total. The molecule has 0 amide bonds. The molecule has 0 radical (unpaired) electrons. The fourth-order valence-corrected chi connectivity index (χ4v) is 22.2. The van der Waals surface area contributed by atoms with Crippen LogP contribution >= 0.6 is 0 Å². The SMILES string of the molecule is N#Cc1ccc(-c2ccccc2-n2c3ccc(C#N)cc3c3c(C#N)cccc32)c(-c2ccc(-n3c4ccccc4c4ccccc43)cc2)c1.[C-]#[N+]c1ccc2c(c1)c1cc(C#N)ccc1n2-c1ccccc1-c1ccc(C#N)cc1-c1ccc(-n2c3ccccc3c3ccccc32)cc1.[C-]#[N+]c1ccc2c3cc(C#N)ccc3n(-c3ccccc3-c3ccc(C#N)cc3-c3ccc(-n4c5ccccc5c5ccccc54)cc3)c2c1. The Balaban J connectivity index is 0.000000116. The van der Waals surface area contributed by atoms with Gasteiger partial charge in [0, 0.05) is 98.5 Å². The Morgan fingerprint density at radius 2 is 0.427 bits per heavy atom. The lowest BCUT2D eigenvalue weighted by atomic mass is 9.92. The zero-order chi connectivity index (χ0) is 101. The van der Waals surface area contributed by atoms with Crippen molar-refractivity contribution in [1.29, 1.82) is 36.8 Å². The fraction of sp³-hybridized carbons (Fsp3) is 0. The molecule has 27 rings (SSSR count). The van der Waals surface area contributed by atoms with E-state index in [1.807, 2.05) is 200 Å². The molecule has 0 atom stereocenters. The van der Waals surface area contributed by atoms with Crippen LogP contribution in [0.25, 0.3) is 241 Å². The summed E-state index contributed by atoms with van der Waals surface area (Å²) in [5.41, 5.74) is 35.2. The van der Waals surface area contributed by atoms with Gasteiger partial charge in [0.2, 0.25) is 0 Å². The average molecular weight is 1910 g/mol. The number of nitriles is 7. The monoisotopic (exact) mass is 1910 g/mol. The maximum absolute atomic E-state index is 10.1. The van der Waals surface area contributed by atoms with Crippen LogP contribution in [0.5, 0.6) is 0 Å². The fourth-order valence-electron chi connectivity index (χ4n) is 22.2. The summed E-state index contributed by atoms with van der Waals surface area (Å²) in [6.45, 7) is 15.3. The van der Waals surface area contributed by atoms with Crippen molar-refractivity contribution in [1.82, 2.24) is 27.4 Å². The molecule has 0 aliphatic rings. The summed E-state index contributed by atoms with van der Waals surface area (Å²) in [5, 5.41) is 81.8. The van der Waals surface area contributed by atoms with E-state index in [0.717, 1.165) is 199 Å². The Morgan fingerprint density at radius 1 is 0.167 bits per heavy atom. The first-order chi connectivity index (χ1) is 74.0. The van der Waals surface area contributed by atoms with Crippen molar-refractivity contribution in [3.8, 4) is 143 Å². The van der Waals surface area contributed by atoms with Gasteiger partial charge in [-0.25, -0.2) is 9.69 Å². The smallest absolute Gasteiger partial charge is 0.189 e. The molecule has 0 unspecified atom stereocenters. The highest BCUT2D eigenvalue weighted by Gasteiger charge is 2.27. The van der Waals surface area contributed by atoms with Crippen molar-refractivity contribution in [3.63, 3.8) is 0 Å². The maximum Gasteiger partial charge on any atom is 0.189 e. The van der Waals surface area contributed by atoms with Crippen LogP contribution < -0.4 is 0 Å². The summed E-state index contributed by atoms with van der Waals surface area (Å²) in [5.74, 6) is 0. The number of nitrogens with zero attached hydrogens (tertiary/aromatic N) is 15. The molecular formula is C135H75N15. The molecule has 0 spiro atoms. The van der Waals surface area contributed by atoms with Gasteiger partial charge in [-0.3, -0.25) is 0 Å². The number of para-hydroxylation sites is 9. The van der Waals surface area contributed by atoms with Crippen molar-refractivity contribution in [2.45, 2.75) is 0 Å². The quantitative estimate of drug-likeness (QED) is 0.108. The Bertz CT molecular complexity index is 10300. The van der Waals surface area contributed by atoms with E-state index in [0.29, 0.717) is 50.3 Å². The van der Waals surface area contributed by atoms with Crippen molar-refractivity contribution in [3.05, 3.63) is 517 Å². The van der Waals surface area contributed by atoms with Crippen LogP contribution in [-0.4, -0.2) is 27.4 Å². The van der Waals surface area contributed by atoms with Crippen LogP contribution in [0.1, 0.15) is 38.9 Å². The third-order valence-corrected chi connectivity index (χ3v) is 28.9. The zero-order valence-electron chi connectivity index (χ0n) is 80.0. The molecule has 0 bridgehead atoms. The van der Waals surface area contributed by atoms with E-state index in [1.54, 1.807) is 0 Å². The second-order valence-electron chi connectivity index (χ2n) is 36.9. The number of rotatable bonds is 12. The number of fused-ring (bicyclic) bond motifs is 18. The minimum absolute atomic E-state index is 0.538. The highest BCUT2D eigenvalue weighted by molar-refractivity contribution is 6.17. The molecule has 0 N–H and O–H groups in total. The van der Waals surface area contributed by atoms with Crippen LogP contribution in [0.3, 0.4) is 0 Å². The highest BCUT2D eigenvalue weighted by atomic mass is 15.0. The van der Waals surface area contributed by atoms with Gasteiger partial charge in [0.05, 0.1) is 172 Å². The average Bonchev–Trinajstić information content (AvgIpc) is 1.51. The normalized spacial score (nSPS) is 11.1. The van der Waals surface area contributed by atoms with Gasteiger partial charge in [-0.1, -0.05) is 243 Å². The highest BCUT2D eigenvalue weighted by Crippen LogP contribution is 2.49. The third-order valence-electron chi connectivity index (χ3n) is 28.9. The summed E-state index contributed by atoms with van der Waals surface area (Å²) in [7, 11) is 0. The van der Waals surface area contributed by atoms with E-state index < -0.39 is 0 Å². The molecule has 0 saturated heterocycles. The van der Waals surface area contributed by atoms with E-state index >= 15 is 0 Å². The van der Waals surface area contributed by atoms with Gasteiger partial charge in [0.15, 0.2) is 11.4 Å². The number of benzene rings is 21. The zero-order valence-corrected chi connectivity index (χ0v) is 80.0. The molecule has 6 aromatic heterocycles. The lowest BCUT2D eigenvalue weighted by Crippen LogP contribution is -1.99. The first-order valence-corrected chi connectivity index (χ1v) is 48.8. The lowest BCUT2D eigenvalue weighted by molar-refractivity contribution is 1.18. The summed E-state index contributed by atoms with van der Waals surface area (Å²) in [6.07, 6.45) is 0. The van der Waals surface area contributed by atoms with E-state index in [-0.39, 0.29) is 0 Å². The Labute approximate surface area is 860 Å². The lowest BCUT2D eigenvalue weighted by Gasteiger charge is -2.18. The van der Waals surface area contributed by atoms with E-state index in [4.69, 9.17) is 13.1 Å². The molecule has 0 aliphatic heterocycles.